The lowest BCUT2D eigenvalue weighted by molar-refractivity contribution is 0.0946. The van der Waals surface area contributed by atoms with Crippen molar-refractivity contribution in [1.29, 1.82) is 0 Å². The third-order valence-electron chi connectivity index (χ3n) is 3.86. The van der Waals surface area contributed by atoms with Crippen LogP contribution in [0.2, 0.25) is 5.02 Å². The van der Waals surface area contributed by atoms with Gasteiger partial charge in [-0.25, -0.2) is 0 Å². The molecule has 2 aromatic carbocycles. The molecule has 2 N–H and O–H groups in total. The van der Waals surface area contributed by atoms with E-state index in [4.69, 9.17) is 21.1 Å². The highest BCUT2D eigenvalue weighted by Gasteiger charge is 2.15. The average molecular weight is 356 g/mol. The summed E-state index contributed by atoms with van der Waals surface area (Å²) in [5.41, 5.74) is 2.69. The van der Waals surface area contributed by atoms with Gasteiger partial charge in [-0.2, -0.15) is 5.10 Å². The number of aromatic nitrogens is 2. The molecule has 6 nitrogen and oxygen atoms in total. The van der Waals surface area contributed by atoms with Gasteiger partial charge >= 0.3 is 0 Å². The monoisotopic (exact) mass is 355 g/mol. The van der Waals surface area contributed by atoms with Gasteiger partial charge < -0.3 is 14.8 Å². The number of carbonyl (C=O) groups excluding carboxylic acids is 1. The van der Waals surface area contributed by atoms with Gasteiger partial charge in [-0.05, 0) is 29.8 Å². The molecule has 7 heteroatoms. The summed E-state index contributed by atoms with van der Waals surface area (Å²) in [6.45, 7) is 0.597. The highest BCUT2D eigenvalue weighted by molar-refractivity contribution is 6.33. The molecule has 4 rings (SSSR count). The Labute approximate surface area is 148 Å². The summed E-state index contributed by atoms with van der Waals surface area (Å²) in [4.78, 5) is 12.3. The summed E-state index contributed by atoms with van der Waals surface area (Å²) in [5, 5.41) is 10.3. The number of benzene rings is 2. The largest absolute Gasteiger partial charge is 0.454 e. The molecule has 0 aliphatic carbocycles. The number of H-pyrrole nitrogens is 1. The maximum atomic E-state index is 12.3. The number of carbonyl (C=O) groups is 1. The van der Waals surface area contributed by atoms with Crippen LogP contribution in [0.3, 0.4) is 0 Å². The molecule has 1 amide bonds. The van der Waals surface area contributed by atoms with E-state index in [0.717, 1.165) is 11.1 Å². The number of nitrogens with one attached hydrogen (secondary N) is 2. The lowest BCUT2D eigenvalue weighted by atomic mass is 10.1. The Morgan fingerprint density at radius 3 is 2.88 bits per heavy atom. The molecule has 1 aromatic heterocycles. The Hall–Kier alpha value is -2.99. The molecule has 126 valence electrons. The standard InChI is InChI=1S/C18H14ClN3O3/c19-13-4-2-1-3-12(13)14-8-15(22-21-14)18(23)20-9-11-5-6-16-17(7-11)25-10-24-16/h1-8H,9-10H2,(H,20,23)(H,21,22). The number of hydrogen-bond acceptors (Lipinski definition) is 4. The predicted molar refractivity (Wildman–Crippen MR) is 92.8 cm³/mol. The molecule has 25 heavy (non-hydrogen) atoms. The summed E-state index contributed by atoms with van der Waals surface area (Å²) < 4.78 is 10.6. The van der Waals surface area contributed by atoms with Crippen LogP contribution in [0, 0.1) is 0 Å². The van der Waals surface area contributed by atoms with Crippen LogP contribution >= 0.6 is 11.6 Å². The highest BCUT2D eigenvalue weighted by Crippen LogP contribution is 2.32. The summed E-state index contributed by atoms with van der Waals surface area (Å²) in [6.07, 6.45) is 0. The minimum Gasteiger partial charge on any atom is -0.454 e. The fraction of sp³-hybridized carbons (Fsp3) is 0.111. The highest BCUT2D eigenvalue weighted by atomic mass is 35.5. The quantitative estimate of drug-likeness (QED) is 0.752. The van der Waals surface area contributed by atoms with Crippen molar-refractivity contribution in [2.45, 2.75) is 6.54 Å². The van der Waals surface area contributed by atoms with Crippen molar-refractivity contribution < 1.29 is 14.3 Å². The van der Waals surface area contributed by atoms with Gasteiger partial charge in [-0.3, -0.25) is 9.89 Å². The van der Waals surface area contributed by atoms with Gasteiger partial charge in [-0.15, -0.1) is 0 Å². The van der Waals surface area contributed by atoms with Crippen LogP contribution in [-0.2, 0) is 6.54 Å². The number of fused-ring (bicyclic) bond motifs is 1. The third kappa shape index (κ3) is 3.16. The van der Waals surface area contributed by atoms with Crippen LogP contribution in [-0.4, -0.2) is 22.9 Å². The van der Waals surface area contributed by atoms with Crippen molar-refractivity contribution in [3.05, 3.63) is 64.8 Å². The van der Waals surface area contributed by atoms with Crippen LogP contribution in [0.5, 0.6) is 11.5 Å². The van der Waals surface area contributed by atoms with Gasteiger partial charge in [-0.1, -0.05) is 35.9 Å². The molecule has 0 radical (unpaired) electrons. The van der Waals surface area contributed by atoms with Crippen LogP contribution < -0.4 is 14.8 Å². The second-order valence-electron chi connectivity index (χ2n) is 5.52. The zero-order valence-corrected chi connectivity index (χ0v) is 13.8. The first-order valence-corrected chi connectivity index (χ1v) is 8.05. The molecular weight excluding hydrogens is 342 g/mol. The predicted octanol–water partition coefficient (Wildman–Crippen LogP) is 3.39. The van der Waals surface area contributed by atoms with Crippen molar-refractivity contribution in [2.24, 2.45) is 0 Å². The van der Waals surface area contributed by atoms with Crippen LogP contribution in [0.25, 0.3) is 11.3 Å². The second-order valence-corrected chi connectivity index (χ2v) is 5.92. The molecule has 0 spiro atoms. The normalized spacial score (nSPS) is 12.2. The first kappa shape index (κ1) is 15.5. The zero-order chi connectivity index (χ0) is 17.2. The van der Waals surface area contributed by atoms with Crippen LogP contribution in [0.4, 0.5) is 0 Å². The molecule has 2 heterocycles. The summed E-state index contributed by atoms with van der Waals surface area (Å²) in [7, 11) is 0. The summed E-state index contributed by atoms with van der Waals surface area (Å²) in [6, 6.07) is 14.6. The molecule has 1 aliphatic rings. The van der Waals surface area contributed by atoms with E-state index >= 15 is 0 Å². The molecular formula is C18H14ClN3O3. The number of amides is 1. The van der Waals surface area contributed by atoms with E-state index in [2.05, 4.69) is 15.5 Å². The van der Waals surface area contributed by atoms with E-state index < -0.39 is 0 Å². The zero-order valence-electron chi connectivity index (χ0n) is 13.1. The number of halogens is 1. The minimum atomic E-state index is -0.247. The number of aromatic amines is 1. The Balaban J connectivity index is 1.44. The maximum absolute atomic E-state index is 12.3. The molecule has 0 saturated carbocycles. The minimum absolute atomic E-state index is 0.226. The van der Waals surface area contributed by atoms with E-state index in [1.165, 1.54) is 0 Å². The number of nitrogens with zero attached hydrogens (tertiary/aromatic N) is 1. The van der Waals surface area contributed by atoms with Gasteiger partial charge in [0.15, 0.2) is 11.5 Å². The Morgan fingerprint density at radius 1 is 1.16 bits per heavy atom. The average Bonchev–Trinajstić information content (AvgIpc) is 3.29. The lowest BCUT2D eigenvalue weighted by Crippen LogP contribution is -2.23. The van der Waals surface area contributed by atoms with Crippen molar-refractivity contribution in [1.82, 2.24) is 15.5 Å². The van der Waals surface area contributed by atoms with Crippen molar-refractivity contribution in [2.75, 3.05) is 6.79 Å². The van der Waals surface area contributed by atoms with Crippen molar-refractivity contribution in [3.8, 4) is 22.8 Å². The smallest absolute Gasteiger partial charge is 0.269 e. The molecule has 0 saturated heterocycles. The van der Waals surface area contributed by atoms with E-state index in [1.54, 1.807) is 12.1 Å². The van der Waals surface area contributed by atoms with Gasteiger partial charge in [0.05, 0.1) is 10.7 Å². The van der Waals surface area contributed by atoms with E-state index in [0.29, 0.717) is 34.5 Å². The maximum Gasteiger partial charge on any atom is 0.269 e. The van der Waals surface area contributed by atoms with E-state index in [-0.39, 0.29) is 12.7 Å². The Bertz CT molecular complexity index is 939. The number of rotatable bonds is 4. The molecule has 0 unspecified atom stereocenters. The van der Waals surface area contributed by atoms with Crippen LogP contribution in [0.1, 0.15) is 16.1 Å². The number of ether oxygens (including phenoxy) is 2. The van der Waals surface area contributed by atoms with Crippen molar-refractivity contribution in [3.63, 3.8) is 0 Å². The van der Waals surface area contributed by atoms with Gasteiger partial charge in [0.1, 0.15) is 5.69 Å². The molecule has 0 bridgehead atoms. The fourth-order valence-corrected chi connectivity index (χ4v) is 2.81. The van der Waals surface area contributed by atoms with Gasteiger partial charge in [0.2, 0.25) is 6.79 Å². The first-order chi connectivity index (χ1) is 12.2. The summed E-state index contributed by atoms with van der Waals surface area (Å²) >= 11 is 6.16. The van der Waals surface area contributed by atoms with Gasteiger partial charge in [0, 0.05) is 12.1 Å². The molecule has 3 aromatic rings. The first-order valence-electron chi connectivity index (χ1n) is 7.68. The SMILES string of the molecule is O=C(NCc1ccc2c(c1)OCO2)c1cc(-c2ccccc2Cl)n[nH]1. The van der Waals surface area contributed by atoms with E-state index in [1.807, 2.05) is 36.4 Å². The Kier molecular flexibility index (Phi) is 4.03. The van der Waals surface area contributed by atoms with Crippen molar-refractivity contribution >= 4 is 17.5 Å². The van der Waals surface area contributed by atoms with Crippen LogP contribution in [0.15, 0.2) is 48.5 Å². The molecule has 0 fully saturated rings. The number of hydrogen-bond donors (Lipinski definition) is 2. The third-order valence-corrected chi connectivity index (χ3v) is 4.19. The topological polar surface area (TPSA) is 76.2 Å². The molecule has 1 aliphatic heterocycles. The summed E-state index contributed by atoms with van der Waals surface area (Å²) in [5.74, 6) is 1.16. The Morgan fingerprint density at radius 2 is 2.00 bits per heavy atom. The molecule has 0 atom stereocenters. The van der Waals surface area contributed by atoms with E-state index in [9.17, 15) is 4.79 Å². The van der Waals surface area contributed by atoms with Gasteiger partial charge in [0.25, 0.3) is 5.91 Å². The lowest BCUT2D eigenvalue weighted by Gasteiger charge is -2.05. The second kappa shape index (κ2) is 6.49. The fourth-order valence-electron chi connectivity index (χ4n) is 2.57.